The first-order valence-electron chi connectivity index (χ1n) is 7.66. The van der Waals surface area contributed by atoms with Crippen molar-refractivity contribution in [3.8, 4) is 39.1 Å². The number of benzene rings is 2. The van der Waals surface area contributed by atoms with Crippen LogP contribution in [0, 0.1) is 0 Å². The summed E-state index contributed by atoms with van der Waals surface area (Å²) in [5.74, 6) is 2.29. The number of nitrogens with zero attached hydrogens (tertiary/aromatic N) is 1. The molecular weight excluding hydrogens is 322 g/mol. The van der Waals surface area contributed by atoms with Gasteiger partial charge in [-0.25, -0.2) is 4.98 Å². The van der Waals surface area contributed by atoms with Crippen LogP contribution in [0.1, 0.15) is 6.92 Å². The second-order valence-electron chi connectivity index (χ2n) is 5.07. The molecule has 0 spiro atoms. The fourth-order valence-corrected chi connectivity index (χ4v) is 3.22. The van der Waals surface area contributed by atoms with Crippen molar-refractivity contribution >= 4 is 11.3 Å². The van der Waals surface area contributed by atoms with Crippen LogP contribution < -0.4 is 14.2 Å². The van der Waals surface area contributed by atoms with Gasteiger partial charge in [0.05, 0.1) is 26.5 Å². The van der Waals surface area contributed by atoms with Gasteiger partial charge in [-0.05, 0) is 49.4 Å². The van der Waals surface area contributed by atoms with Crippen molar-refractivity contribution in [3.63, 3.8) is 0 Å². The molecule has 3 rings (SSSR count). The second-order valence-corrected chi connectivity index (χ2v) is 5.92. The van der Waals surface area contributed by atoms with Crippen LogP contribution in [0.25, 0.3) is 21.8 Å². The SMILES string of the molecule is CCOc1ccc(-c2csc(-c3ccc(OC)c(OC)c3)n2)cc1. The summed E-state index contributed by atoms with van der Waals surface area (Å²) in [4.78, 5) is 4.74. The highest BCUT2D eigenvalue weighted by Gasteiger charge is 2.10. The van der Waals surface area contributed by atoms with E-state index in [9.17, 15) is 0 Å². The highest BCUT2D eigenvalue weighted by Crippen LogP contribution is 2.35. The quantitative estimate of drug-likeness (QED) is 0.640. The first-order valence-corrected chi connectivity index (χ1v) is 8.54. The first kappa shape index (κ1) is 16.3. The smallest absolute Gasteiger partial charge is 0.161 e. The number of hydrogen-bond acceptors (Lipinski definition) is 5. The Hall–Kier alpha value is -2.53. The molecule has 0 aliphatic rings. The average Bonchev–Trinajstić information content (AvgIpc) is 3.12. The van der Waals surface area contributed by atoms with Crippen molar-refractivity contribution in [2.75, 3.05) is 20.8 Å². The summed E-state index contributed by atoms with van der Waals surface area (Å²) in [6.45, 7) is 2.64. The fraction of sp³-hybridized carbons (Fsp3) is 0.211. The number of rotatable bonds is 6. The topological polar surface area (TPSA) is 40.6 Å². The number of hydrogen-bond donors (Lipinski definition) is 0. The maximum Gasteiger partial charge on any atom is 0.161 e. The molecule has 0 atom stereocenters. The van der Waals surface area contributed by atoms with Crippen LogP contribution in [0.15, 0.2) is 47.8 Å². The summed E-state index contributed by atoms with van der Waals surface area (Å²) in [5, 5.41) is 3.00. The van der Waals surface area contributed by atoms with Crippen LogP contribution in [-0.2, 0) is 0 Å². The maximum absolute atomic E-state index is 5.48. The molecule has 0 radical (unpaired) electrons. The molecule has 0 unspecified atom stereocenters. The molecular formula is C19H19NO3S. The summed E-state index contributed by atoms with van der Waals surface area (Å²) in [6, 6.07) is 13.8. The number of ether oxygens (including phenoxy) is 3. The van der Waals surface area contributed by atoms with E-state index in [-0.39, 0.29) is 0 Å². The Morgan fingerprint density at radius 1 is 0.917 bits per heavy atom. The van der Waals surface area contributed by atoms with E-state index in [0.717, 1.165) is 27.6 Å². The van der Waals surface area contributed by atoms with Crippen LogP contribution >= 0.6 is 11.3 Å². The molecule has 0 saturated carbocycles. The Morgan fingerprint density at radius 2 is 1.62 bits per heavy atom. The molecule has 3 aromatic rings. The van der Waals surface area contributed by atoms with Crippen molar-refractivity contribution < 1.29 is 14.2 Å². The monoisotopic (exact) mass is 341 g/mol. The van der Waals surface area contributed by atoms with Crippen molar-refractivity contribution in [3.05, 3.63) is 47.8 Å². The largest absolute Gasteiger partial charge is 0.494 e. The molecule has 0 N–H and O–H groups in total. The van der Waals surface area contributed by atoms with Gasteiger partial charge in [-0.1, -0.05) is 0 Å². The van der Waals surface area contributed by atoms with Crippen LogP contribution in [0.5, 0.6) is 17.2 Å². The van der Waals surface area contributed by atoms with E-state index in [0.29, 0.717) is 18.1 Å². The third-order valence-electron chi connectivity index (χ3n) is 3.60. The second kappa shape index (κ2) is 7.36. The third kappa shape index (κ3) is 3.36. The molecule has 1 aromatic heterocycles. The third-order valence-corrected chi connectivity index (χ3v) is 4.49. The average molecular weight is 341 g/mol. The molecule has 2 aromatic carbocycles. The van der Waals surface area contributed by atoms with Gasteiger partial charge in [0.2, 0.25) is 0 Å². The van der Waals surface area contributed by atoms with E-state index in [1.807, 2.05) is 49.4 Å². The van der Waals surface area contributed by atoms with Gasteiger partial charge >= 0.3 is 0 Å². The van der Waals surface area contributed by atoms with Crippen LogP contribution in [0.3, 0.4) is 0 Å². The minimum atomic E-state index is 0.666. The zero-order valence-corrected chi connectivity index (χ0v) is 14.7. The number of methoxy groups -OCH3 is 2. The van der Waals surface area contributed by atoms with Crippen molar-refractivity contribution in [1.82, 2.24) is 4.98 Å². The van der Waals surface area contributed by atoms with Gasteiger partial charge in [-0.2, -0.15) is 0 Å². The predicted molar refractivity (Wildman–Crippen MR) is 97.3 cm³/mol. The Labute approximate surface area is 145 Å². The molecule has 0 aliphatic heterocycles. The summed E-state index contributed by atoms with van der Waals surface area (Å²) in [7, 11) is 3.26. The lowest BCUT2D eigenvalue weighted by atomic mass is 10.1. The lowest BCUT2D eigenvalue weighted by molar-refractivity contribution is 0.340. The number of thiazole rings is 1. The van der Waals surface area contributed by atoms with Gasteiger partial charge in [-0.15, -0.1) is 11.3 Å². The zero-order chi connectivity index (χ0) is 16.9. The van der Waals surface area contributed by atoms with Crippen molar-refractivity contribution in [2.45, 2.75) is 6.92 Å². The van der Waals surface area contributed by atoms with Crippen LogP contribution in [0.4, 0.5) is 0 Å². The molecule has 124 valence electrons. The highest BCUT2D eigenvalue weighted by atomic mass is 32.1. The van der Waals surface area contributed by atoms with Crippen LogP contribution in [0.2, 0.25) is 0 Å². The molecule has 5 heteroatoms. The Kier molecular flexibility index (Phi) is 5.01. The van der Waals surface area contributed by atoms with Crippen LogP contribution in [-0.4, -0.2) is 25.8 Å². The van der Waals surface area contributed by atoms with Gasteiger partial charge in [0, 0.05) is 16.5 Å². The van der Waals surface area contributed by atoms with Gasteiger partial charge in [-0.3, -0.25) is 0 Å². The van der Waals surface area contributed by atoms with Gasteiger partial charge < -0.3 is 14.2 Å². The normalized spacial score (nSPS) is 10.5. The van der Waals surface area contributed by atoms with E-state index in [4.69, 9.17) is 19.2 Å². The van der Waals surface area contributed by atoms with E-state index in [1.54, 1.807) is 25.6 Å². The molecule has 1 heterocycles. The Bertz CT molecular complexity index is 812. The van der Waals surface area contributed by atoms with Gasteiger partial charge in [0.15, 0.2) is 11.5 Å². The zero-order valence-electron chi connectivity index (χ0n) is 13.9. The molecule has 0 fully saturated rings. The summed E-state index contributed by atoms with van der Waals surface area (Å²) < 4.78 is 16.1. The van der Waals surface area contributed by atoms with Gasteiger partial charge in [0.1, 0.15) is 10.8 Å². The highest BCUT2D eigenvalue weighted by molar-refractivity contribution is 7.13. The molecule has 4 nitrogen and oxygen atoms in total. The molecule has 24 heavy (non-hydrogen) atoms. The minimum absolute atomic E-state index is 0.666. The predicted octanol–water partition coefficient (Wildman–Crippen LogP) is 4.89. The summed E-state index contributed by atoms with van der Waals surface area (Å²) >= 11 is 1.61. The minimum Gasteiger partial charge on any atom is -0.494 e. The molecule has 0 saturated heterocycles. The van der Waals surface area contributed by atoms with E-state index >= 15 is 0 Å². The number of aromatic nitrogens is 1. The van der Waals surface area contributed by atoms with Crippen molar-refractivity contribution in [2.24, 2.45) is 0 Å². The van der Waals surface area contributed by atoms with Crippen molar-refractivity contribution in [1.29, 1.82) is 0 Å². The lowest BCUT2D eigenvalue weighted by Crippen LogP contribution is -1.91. The Morgan fingerprint density at radius 3 is 2.29 bits per heavy atom. The molecule has 0 aliphatic carbocycles. The standard InChI is InChI=1S/C19H19NO3S/c1-4-23-15-8-5-13(6-9-15)16-12-24-19(20-16)14-7-10-17(21-2)18(11-14)22-3/h5-12H,4H2,1-3H3. The Balaban J connectivity index is 1.87. The van der Waals surface area contributed by atoms with E-state index in [2.05, 4.69) is 5.38 Å². The maximum atomic E-state index is 5.48. The first-order chi connectivity index (χ1) is 11.7. The molecule has 0 amide bonds. The summed E-state index contributed by atoms with van der Waals surface area (Å²) in [5.41, 5.74) is 3.03. The molecule has 0 bridgehead atoms. The van der Waals surface area contributed by atoms with E-state index in [1.165, 1.54) is 0 Å². The van der Waals surface area contributed by atoms with Gasteiger partial charge in [0.25, 0.3) is 0 Å². The summed E-state index contributed by atoms with van der Waals surface area (Å²) in [6.07, 6.45) is 0. The fourth-order valence-electron chi connectivity index (χ4n) is 2.40. The van der Waals surface area contributed by atoms with E-state index < -0.39 is 0 Å². The lowest BCUT2D eigenvalue weighted by Gasteiger charge is -2.08.